The molecule has 4 rings (SSSR count). The van der Waals surface area contributed by atoms with Gasteiger partial charge in [-0.1, -0.05) is 0 Å². The number of nitrogens with zero attached hydrogens (tertiary/aromatic N) is 2. The van der Waals surface area contributed by atoms with Crippen LogP contribution >= 0.6 is 0 Å². The number of nitro groups is 2. The summed E-state index contributed by atoms with van der Waals surface area (Å²) >= 11 is 0.0736. The zero-order valence-corrected chi connectivity index (χ0v) is 29.8. The van der Waals surface area contributed by atoms with E-state index in [1.807, 2.05) is 0 Å². The predicted molar refractivity (Wildman–Crippen MR) is 169 cm³/mol. The van der Waals surface area contributed by atoms with Crippen molar-refractivity contribution in [3.63, 3.8) is 0 Å². The van der Waals surface area contributed by atoms with Crippen molar-refractivity contribution in [3.8, 4) is 23.0 Å². The monoisotopic (exact) mass is 766 g/mol. The van der Waals surface area contributed by atoms with Gasteiger partial charge in [-0.05, 0) is 0 Å². The minimum atomic E-state index is -1.63. The molecule has 0 saturated heterocycles. The Labute approximate surface area is 284 Å². The molecule has 2 aromatic carbocycles. The summed E-state index contributed by atoms with van der Waals surface area (Å²) in [4.78, 5) is 40.7. The summed E-state index contributed by atoms with van der Waals surface area (Å²) in [6.45, 7) is 4.44. The third-order valence-corrected chi connectivity index (χ3v) is 11.3. The molecule has 15 heteroatoms. The van der Waals surface area contributed by atoms with E-state index in [4.69, 9.17) is 18.9 Å². The Morgan fingerprint density at radius 2 is 0.915 bits per heavy atom. The molecule has 0 saturated carbocycles. The van der Waals surface area contributed by atoms with Crippen LogP contribution in [0.5, 0.6) is 23.0 Å². The van der Waals surface area contributed by atoms with Crippen LogP contribution in [0.4, 0.5) is 11.4 Å². The fraction of sp³-hybridized carbons (Fsp3) is 0.562. The second-order valence-electron chi connectivity index (χ2n) is 10.8. The molecule has 2 aromatic rings. The van der Waals surface area contributed by atoms with E-state index >= 15 is 0 Å². The number of aromatic carboxylic acids is 2. The van der Waals surface area contributed by atoms with E-state index in [1.54, 1.807) is 21.7 Å². The summed E-state index contributed by atoms with van der Waals surface area (Å²) < 4.78 is 22.9. The zero-order chi connectivity index (χ0) is 34.6. The molecule has 0 atom stereocenters. The van der Waals surface area contributed by atoms with E-state index in [0.29, 0.717) is 0 Å². The number of unbranched alkanes of at least 4 members (excludes halogenated alkanes) is 10. The van der Waals surface area contributed by atoms with E-state index in [9.17, 15) is 40.0 Å². The van der Waals surface area contributed by atoms with Gasteiger partial charge < -0.3 is 38.7 Å². The summed E-state index contributed by atoms with van der Waals surface area (Å²) in [5.41, 5.74) is -2.19. The van der Waals surface area contributed by atoms with Gasteiger partial charge in [0.2, 0.25) is 13.6 Å². The van der Waals surface area contributed by atoms with Crippen LogP contribution in [-0.2, 0) is 0 Å². The number of carboxylic acids is 2. The van der Waals surface area contributed by atoms with Crippen LogP contribution < -0.4 is 29.2 Å². The minimum absolute atomic E-state index is 0.0736. The average Bonchev–Trinajstić information content (AvgIpc) is 3.71. The molecule has 2 aliphatic heterocycles. The van der Waals surface area contributed by atoms with Gasteiger partial charge in [0.1, 0.15) is 0 Å². The van der Waals surface area contributed by atoms with Crippen LogP contribution in [0.15, 0.2) is 24.3 Å². The van der Waals surface area contributed by atoms with Crippen LogP contribution in [0, 0.1) is 20.2 Å². The molecule has 256 valence electrons. The molecule has 2 aliphatic rings. The van der Waals surface area contributed by atoms with E-state index < -0.39 is 44.3 Å². The Hall–Kier alpha value is -3.82. The van der Waals surface area contributed by atoms with Crippen molar-refractivity contribution in [2.75, 3.05) is 13.6 Å². The number of carboxylic acid groups (broad SMARTS) is 2. The maximum atomic E-state index is 10.6. The topological polar surface area (TPSA) is 203 Å². The first-order chi connectivity index (χ1) is 22.6. The molecule has 0 aromatic heterocycles. The summed E-state index contributed by atoms with van der Waals surface area (Å²) in [7, 11) is 0. The minimum Gasteiger partial charge on any atom is -0.545 e. The van der Waals surface area contributed by atoms with Crippen LogP contribution in [0.1, 0.15) is 112 Å². The van der Waals surface area contributed by atoms with Crippen molar-refractivity contribution in [1.82, 2.24) is 0 Å². The number of carbonyl (C=O) groups is 2. The predicted octanol–water partition coefficient (Wildman–Crippen LogP) is 5.62. The molecule has 47 heavy (non-hydrogen) atoms. The standard InChI is InChI=1S/2C8H5NO6.2C8H17.Sn/c2*10-8(11)4-1-6-7(15-3-14-6)2-5(4)9(12)13;2*1-3-5-7-8-6-4-2;/h2*1-2H,3H2,(H,10,11);2*1,3-8H2,2H3;/q;;;;+2/p-2. The zero-order valence-electron chi connectivity index (χ0n) is 26.9. The van der Waals surface area contributed by atoms with Crippen molar-refractivity contribution in [1.29, 1.82) is 0 Å². The number of nitro benzene ring substituents is 2. The Morgan fingerprint density at radius 3 is 1.23 bits per heavy atom. The molecular formula is C32H42N2O12Sn. The molecule has 14 nitrogen and oxygen atoms in total. The fourth-order valence-corrected chi connectivity index (χ4v) is 8.24. The van der Waals surface area contributed by atoms with Crippen LogP contribution in [0.2, 0.25) is 8.87 Å². The molecular weight excluding hydrogens is 723 g/mol. The van der Waals surface area contributed by atoms with Gasteiger partial charge in [-0.3, -0.25) is 20.2 Å². The summed E-state index contributed by atoms with van der Waals surface area (Å²) in [6, 6.07) is 4.06. The van der Waals surface area contributed by atoms with Gasteiger partial charge in [0, 0.05) is 12.1 Å². The van der Waals surface area contributed by atoms with Crippen molar-refractivity contribution in [2.45, 2.75) is 99.8 Å². The van der Waals surface area contributed by atoms with Gasteiger partial charge in [-0.25, -0.2) is 0 Å². The van der Waals surface area contributed by atoms with Crippen LogP contribution in [0.3, 0.4) is 0 Å². The first-order valence-electron chi connectivity index (χ1n) is 15.9. The first-order valence-corrected chi connectivity index (χ1v) is 19.9. The Bertz CT molecular complexity index is 1160. The summed E-state index contributed by atoms with van der Waals surface area (Å²) in [5.74, 6) is -2.60. The SMILES string of the molecule is CCCCCCC[CH2][Sn+2][CH2]CCCCCCC.O=C([O-])c1cc2c(cc1[N+](=O)[O-])OCO2.O=C([O-])c1cc2c(cc1[N+](=O)[O-])OCO2. The van der Waals surface area contributed by atoms with E-state index in [1.165, 1.54) is 64.2 Å². The number of fused-ring (bicyclic) bond motifs is 2. The smallest absolute Gasteiger partial charge is 0.282 e. The molecule has 0 bridgehead atoms. The van der Waals surface area contributed by atoms with Gasteiger partial charge in [0.15, 0.2) is 23.0 Å². The molecule has 0 amide bonds. The molecule has 2 heterocycles. The average molecular weight is 765 g/mol. The normalized spacial score (nSPS) is 11.8. The van der Waals surface area contributed by atoms with Gasteiger partial charge >= 0.3 is 121 Å². The first kappa shape index (κ1) is 39.4. The largest absolute Gasteiger partial charge is 0.545 e. The Balaban J connectivity index is 0.000000245. The van der Waals surface area contributed by atoms with Gasteiger partial charge in [-0.2, -0.15) is 0 Å². The van der Waals surface area contributed by atoms with Gasteiger partial charge in [0.05, 0.1) is 45.0 Å². The van der Waals surface area contributed by atoms with Crippen molar-refractivity contribution >= 4 is 44.5 Å². The van der Waals surface area contributed by atoms with Crippen LogP contribution in [0.25, 0.3) is 0 Å². The van der Waals surface area contributed by atoms with Gasteiger partial charge in [0.25, 0.3) is 11.4 Å². The molecule has 0 radical (unpaired) electrons. The number of carbonyl (C=O) groups excluding carboxylic acids is 2. The number of ether oxygens (including phenoxy) is 4. The molecule has 0 N–H and O–H groups in total. The molecule has 0 aliphatic carbocycles. The third-order valence-electron chi connectivity index (χ3n) is 7.23. The summed E-state index contributed by atoms with van der Waals surface area (Å²) in [6.07, 6.45) is 17.8. The Kier molecular flexibility index (Phi) is 18.3. The second-order valence-corrected chi connectivity index (χ2v) is 15.1. The fourth-order valence-electron chi connectivity index (χ4n) is 4.68. The molecule has 0 spiro atoms. The molecule has 0 unspecified atom stereocenters. The third kappa shape index (κ3) is 13.8. The second kappa shape index (κ2) is 21.9. The van der Waals surface area contributed by atoms with Gasteiger partial charge in [-0.15, -0.1) is 0 Å². The quantitative estimate of drug-likeness (QED) is 0.0785. The maximum Gasteiger partial charge on any atom is 0.282 e. The van der Waals surface area contributed by atoms with Crippen LogP contribution in [-0.4, -0.2) is 56.5 Å². The Morgan fingerprint density at radius 1 is 0.596 bits per heavy atom. The van der Waals surface area contributed by atoms with E-state index in [2.05, 4.69) is 13.8 Å². The van der Waals surface area contributed by atoms with E-state index in [-0.39, 0.29) is 57.7 Å². The van der Waals surface area contributed by atoms with Crippen molar-refractivity contribution in [2.24, 2.45) is 0 Å². The summed E-state index contributed by atoms with van der Waals surface area (Å²) in [5, 5.41) is 42.3. The van der Waals surface area contributed by atoms with Crippen molar-refractivity contribution in [3.05, 3.63) is 55.6 Å². The number of hydrogen-bond donors (Lipinski definition) is 0. The van der Waals surface area contributed by atoms with Crippen molar-refractivity contribution < 1.29 is 48.6 Å². The maximum absolute atomic E-state index is 10.6. The number of benzene rings is 2. The van der Waals surface area contributed by atoms with E-state index in [0.717, 1.165) is 24.3 Å². The number of hydrogen-bond acceptors (Lipinski definition) is 12. The number of rotatable bonds is 18. The molecule has 0 fully saturated rings.